The molecule has 0 bridgehead atoms. The Hall–Kier alpha value is -0.540. The van der Waals surface area contributed by atoms with Gasteiger partial charge >= 0.3 is 0 Å². The van der Waals surface area contributed by atoms with Gasteiger partial charge in [0.25, 0.3) is 0 Å². The summed E-state index contributed by atoms with van der Waals surface area (Å²) in [5.41, 5.74) is 1.95. The van der Waals surface area contributed by atoms with Gasteiger partial charge in [0.1, 0.15) is 5.82 Å². The number of halogens is 1. The van der Waals surface area contributed by atoms with Crippen LogP contribution in [0.1, 0.15) is 36.4 Å². The average molecular weight is 253 g/mol. The lowest BCUT2D eigenvalue weighted by Gasteiger charge is -2.30. The second-order valence-corrected chi connectivity index (χ2v) is 6.04. The Bertz CT molecular complexity index is 374. The predicted molar refractivity (Wildman–Crippen MR) is 73.0 cm³/mol. The number of hydrogen-bond donors (Lipinski definition) is 1. The number of rotatable bonds is 3. The Morgan fingerprint density at radius 3 is 2.88 bits per heavy atom. The molecule has 2 rings (SSSR count). The molecule has 1 nitrogen and oxygen atoms in total. The molecule has 0 saturated carbocycles. The maximum absolute atomic E-state index is 13.9. The zero-order valence-corrected chi connectivity index (χ0v) is 11.3. The van der Waals surface area contributed by atoms with E-state index < -0.39 is 0 Å². The zero-order chi connectivity index (χ0) is 12.3. The van der Waals surface area contributed by atoms with E-state index in [9.17, 15) is 4.39 Å². The van der Waals surface area contributed by atoms with Crippen LogP contribution in [-0.4, -0.2) is 18.1 Å². The molecule has 17 heavy (non-hydrogen) atoms. The third kappa shape index (κ3) is 3.02. The molecule has 1 fully saturated rings. The van der Waals surface area contributed by atoms with Crippen LogP contribution in [-0.2, 0) is 0 Å². The van der Waals surface area contributed by atoms with Crippen molar-refractivity contribution in [3.8, 4) is 0 Å². The fourth-order valence-electron chi connectivity index (χ4n) is 2.47. The largest absolute Gasteiger partial charge is 0.312 e. The van der Waals surface area contributed by atoms with Crippen LogP contribution in [0.5, 0.6) is 0 Å². The molecule has 0 radical (unpaired) electrons. The van der Waals surface area contributed by atoms with Gasteiger partial charge in [-0.15, -0.1) is 0 Å². The molecular weight excluding hydrogens is 233 g/mol. The third-order valence-corrected chi connectivity index (χ3v) is 4.84. The fraction of sp³-hybridized carbons (Fsp3) is 0.571. The Labute approximate surface area is 107 Å². The predicted octanol–water partition coefficient (Wildman–Crippen LogP) is 3.68. The Balaban J connectivity index is 2.24. The number of thioether (sulfide) groups is 1. The first kappa shape index (κ1) is 12.9. The maximum atomic E-state index is 13.9. The van der Waals surface area contributed by atoms with E-state index in [2.05, 4.69) is 5.32 Å². The molecule has 94 valence electrons. The van der Waals surface area contributed by atoms with Crippen molar-refractivity contribution in [2.75, 3.05) is 12.8 Å². The smallest absolute Gasteiger partial charge is 0.128 e. The Morgan fingerprint density at radius 1 is 1.41 bits per heavy atom. The van der Waals surface area contributed by atoms with Crippen molar-refractivity contribution in [2.24, 2.45) is 0 Å². The van der Waals surface area contributed by atoms with Crippen LogP contribution in [0.2, 0.25) is 0 Å². The van der Waals surface area contributed by atoms with Crippen molar-refractivity contribution in [1.29, 1.82) is 0 Å². The summed E-state index contributed by atoms with van der Waals surface area (Å²) in [6.45, 7) is 2.02. The number of benzene rings is 1. The van der Waals surface area contributed by atoms with Crippen LogP contribution in [0.4, 0.5) is 4.39 Å². The highest BCUT2D eigenvalue weighted by molar-refractivity contribution is 8.00. The number of hydrogen-bond acceptors (Lipinski definition) is 2. The molecule has 1 N–H and O–H groups in total. The van der Waals surface area contributed by atoms with Crippen molar-refractivity contribution < 1.29 is 4.39 Å². The molecule has 2 atom stereocenters. The highest BCUT2D eigenvalue weighted by Crippen LogP contribution is 2.35. The van der Waals surface area contributed by atoms with Gasteiger partial charge in [-0.1, -0.05) is 24.1 Å². The fourth-order valence-corrected chi connectivity index (χ4v) is 3.95. The van der Waals surface area contributed by atoms with Gasteiger partial charge in [0.05, 0.1) is 0 Å². The van der Waals surface area contributed by atoms with E-state index in [1.807, 2.05) is 37.9 Å². The average Bonchev–Trinajstić information content (AvgIpc) is 2.36. The van der Waals surface area contributed by atoms with E-state index in [1.165, 1.54) is 25.0 Å². The van der Waals surface area contributed by atoms with Gasteiger partial charge in [0.15, 0.2) is 0 Å². The molecular formula is C14H20FNS. The number of nitrogens with one attached hydrogen (secondary N) is 1. The quantitative estimate of drug-likeness (QED) is 0.882. The van der Waals surface area contributed by atoms with Crippen molar-refractivity contribution in [3.05, 3.63) is 35.1 Å². The third-order valence-electron chi connectivity index (χ3n) is 3.38. The highest BCUT2D eigenvalue weighted by atomic mass is 32.2. The van der Waals surface area contributed by atoms with Crippen molar-refractivity contribution in [2.45, 2.75) is 37.5 Å². The molecule has 1 aromatic carbocycles. The Kier molecular flexibility index (Phi) is 4.46. The second-order valence-electron chi connectivity index (χ2n) is 4.70. The molecule has 0 amide bonds. The van der Waals surface area contributed by atoms with Crippen LogP contribution in [0, 0.1) is 12.7 Å². The lowest BCUT2D eigenvalue weighted by molar-refractivity contribution is 0.489. The number of aryl methyl sites for hydroxylation is 1. The molecule has 3 heteroatoms. The van der Waals surface area contributed by atoms with Crippen LogP contribution in [0.15, 0.2) is 18.2 Å². The van der Waals surface area contributed by atoms with Crippen LogP contribution in [0.3, 0.4) is 0 Å². The highest BCUT2D eigenvalue weighted by Gasteiger charge is 2.26. The van der Waals surface area contributed by atoms with Crippen LogP contribution >= 0.6 is 11.8 Å². The van der Waals surface area contributed by atoms with Crippen molar-refractivity contribution >= 4 is 11.8 Å². The van der Waals surface area contributed by atoms with Gasteiger partial charge in [-0.05, 0) is 38.6 Å². The summed E-state index contributed by atoms with van der Waals surface area (Å²) in [6, 6.07) is 5.54. The van der Waals surface area contributed by atoms with Gasteiger partial charge in [-0.25, -0.2) is 4.39 Å². The maximum Gasteiger partial charge on any atom is 0.128 e. The zero-order valence-electron chi connectivity index (χ0n) is 10.5. The molecule has 0 aliphatic carbocycles. The standard InChI is InChI=1S/C14H20FNS/c1-10-6-7-12(15)11(9-10)14(16-2)13-5-3-4-8-17-13/h6-7,9,13-14,16H,3-5,8H2,1-2H3. The minimum atomic E-state index is -0.0823. The van der Waals surface area contributed by atoms with Gasteiger partial charge in [0.2, 0.25) is 0 Å². The lowest BCUT2D eigenvalue weighted by Crippen LogP contribution is -2.30. The van der Waals surface area contributed by atoms with Crippen LogP contribution in [0.25, 0.3) is 0 Å². The molecule has 1 saturated heterocycles. The van der Waals surface area contributed by atoms with Crippen LogP contribution < -0.4 is 5.32 Å². The topological polar surface area (TPSA) is 12.0 Å². The first-order chi connectivity index (χ1) is 8.22. The van der Waals surface area contributed by atoms with E-state index in [1.54, 1.807) is 6.07 Å². The summed E-state index contributed by atoms with van der Waals surface area (Å²) in [4.78, 5) is 0. The molecule has 2 unspecified atom stereocenters. The molecule has 1 heterocycles. The SMILES string of the molecule is CNC(c1cc(C)ccc1F)C1CCCCS1. The summed E-state index contributed by atoms with van der Waals surface area (Å²) in [6.07, 6.45) is 3.75. The first-order valence-electron chi connectivity index (χ1n) is 6.27. The minimum Gasteiger partial charge on any atom is -0.312 e. The van der Waals surface area contributed by atoms with Crippen molar-refractivity contribution in [3.63, 3.8) is 0 Å². The molecule has 0 spiro atoms. The first-order valence-corrected chi connectivity index (χ1v) is 7.32. The monoisotopic (exact) mass is 253 g/mol. The van der Waals surface area contributed by atoms with E-state index in [0.29, 0.717) is 5.25 Å². The molecule has 1 aromatic rings. The summed E-state index contributed by atoms with van der Waals surface area (Å²) in [5.74, 6) is 1.12. The van der Waals surface area contributed by atoms with Crippen molar-refractivity contribution in [1.82, 2.24) is 5.32 Å². The van der Waals surface area contributed by atoms with Gasteiger partial charge < -0.3 is 5.32 Å². The molecule has 0 aromatic heterocycles. The Morgan fingerprint density at radius 2 is 2.24 bits per heavy atom. The van der Waals surface area contributed by atoms with E-state index in [0.717, 1.165) is 11.1 Å². The normalized spacial score (nSPS) is 22.4. The molecule has 1 aliphatic heterocycles. The van der Waals surface area contributed by atoms with E-state index in [-0.39, 0.29) is 11.9 Å². The van der Waals surface area contributed by atoms with E-state index >= 15 is 0 Å². The summed E-state index contributed by atoms with van der Waals surface area (Å²) in [5, 5.41) is 3.80. The second kappa shape index (κ2) is 5.87. The van der Waals surface area contributed by atoms with Gasteiger partial charge in [-0.2, -0.15) is 11.8 Å². The lowest BCUT2D eigenvalue weighted by atomic mass is 9.97. The summed E-state index contributed by atoms with van der Waals surface area (Å²) >= 11 is 1.98. The van der Waals surface area contributed by atoms with Gasteiger partial charge in [0, 0.05) is 16.9 Å². The van der Waals surface area contributed by atoms with E-state index in [4.69, 9.17) is 0 Å². The summed E-state index contributed by atoms with van der Waals surface area (Å²) < 4.78 is 13.9. The minimum absolute atomic E-state index is 0.0823. The summed E-state index contributed by atoms with van der Waals surface area (Å²) in [7, 11) is 1.93. The molecule has 1 aliphatic rings. The van der Waals surface area contributed by atoms with Gasteiger partial charge in [-0.3, -0.25) is 0 Å².